The van der Waals surface area contributed by atoms with Crippen LogP contribution in [0.2, 0.25) is 0 Å². The fourth-order valence-electron chi connectivity index (χ4n) is 1.25. The lowest BCUT2D eigenvalue weighted by Gasteiger charge is -2.06. The SMILES string of the molecule is COC(=O)CCSCc1ccc(OC)c(Br)c1. The van der Waals surface area contributed by atoms with Gasteiger partial charge in [0.25, 0.3) is 0 Å². The number of esters is 1. The van der Waals surface area contributed by atoms with Gasteiger partial charge >= 0.3 is 5.97 Å². The van der Waals surface area contributed by atoms with Gasteiger partial charge in [-0.15, -0.1) is 0 Å². The highest BCUT2D eigenvalue weighted by Gasteiger charge is 2.03. The average Bonchev–Trinajstić information content (AvgIpc) is 2.34. The van der Waals surface area contributed by atoms with Crippen molar-refractivity contribution in [3.8, 4) is 5.75 Å². The molecule has 0 saturated heterocycles. The van der Waals surface area contributed by atoms with E-state index in [0.717, 1.165) is 21.7 Å². The van der Waals surface area contributed by atoms with Crippen LogP contribution in [-0.4, -0.2) is 25.9 Å². The first-order valence-corrected chi connectivity index (χ1v) is 7.09. The maximum Gasteiger partial charge on any atom is 0.306 e. The van der Waals surface area contributed by atoms with Crippen LogP contribution >= 0.6 is 27.7 Å². The van der Waals surface area contributed by atoms with Crippen LogP contribution in [0.1, 0.15) is 12.0 Å². The summed E-state index contributed by atoms with van der Waals surface area (Å²) in [7, 11) is 3.05. The molecular weight excluding hydrogens is 304 g/mol. The number of hydrogen-bond donors (Lipinski definition) is 0. The summed E-state index contributed by atoms with van der Waals surface area (Å²) in [4.78, 5) is 10.9. The Morgan fingerprint density at radius 1 is 1.41 bits per heavy atom. The Hall–Kier alpha value is -0.680. The molecule has 0 saturated carbocycles. The van der Waals surface area contributed by atoms with E-state index in [9.17, 15) is 4.79 Å². The predicted octanol–water partition coefficient (Wildman–Crippen LogP) is 3.25. The predicted molar refractivity (Wildman–Crippen MR) is 73.5 cm³/mol. The molecule has 0 bridgehead atoms. The Kier molecular flexibility index (Phi) is 6.44. The van der Waals surface area contributed by atoms with Crippen molar-refractivity contribution < 1.29 is 14.3 Å². The second-order valence-corrected chi connectivity index (χ2v) is 5.31. The number of rotatable bonds is 6. The zero-order valence-electron chi connectivity index (χ0n) is 9.86. The van der Waals surface area contributed by atoms with Crippen molar-refractivity contribution >= 4 is 33.7 Å². The number of hydrogen-bond acceptors (Lipinski definition) is 4. The van der Waals surface area contributed by atoms with Crippen LogP contribution in [0, 0.1) is 0 Å². The second kappa shape index (κ2) is 7.61. The Morgan fingerprint density at radius 3 is 2.76 bits per heavy atom. The van der Waals surface area contributed by atoms with Crippen molar-refractivity contribution in [3.05, 3.63) is 28.2 Å². The van der Waals surface area contributed by atoms with Crippen molar-refractivity contribution in [2.24, 2.45) is 0 Å². The van der Waals surface area contributed by atoms with Gasteiger partial charge in [-0.25, -0.2) is 0 Å². The molecule has 0 radical (unpaired) electrons. The van der Waals surface area contributed by atoms with Crippen LogP contribution in [0.15, 0.2) is 22.7 Å². The van der Waals surface area contributed by atoms with Crippen molar-refractivity contribution in [1.82, 2.24) is 0 Å². The monoisotopic (exact) mass is 318 g/mol. The van der Waals surface area contributed by atoms with Crippen LogP contribution in [0.25, 0.3) is 0 Å². The molecule has 0 N–H and O–H groups in total. The van der Waals surface area contributed by atoms with Gasteiger partial charge in [-0.3, -0.25) is 4.79 Å². The Morgan fingerprint density at radius 2 is 2.18 bits per heavy atom. The van der Waals surface area contributed by atoms with Crippen LogP contribution < -0.4 is 4.74 Å². The van der Waals surface area contributed by atoms with Crippen molar-refractivity contribution in [2.45, 2.75) is 12.2 Å². The van der Waals surface area contributed by atoms with E-state index in [-0.39, 0.29) is 5.97 Å². The second-order valence-electron chi connectivity index (χ2n) is 3.35. The summed E-state index contributed by atoms with van der Waals surface area (Å²) in [5.74, 6) is 2.32. The maximum atomic E-state index is 10.9. The third-order valence-corrected chi connectivity index (χ3v) is 3.81. The number of halogens is 1. The van der Waals surface area contributed by atoms with Crippen molar-refractivity contribution in [1.29, 1.82) is 0 Å². The fourth-order valence-corrected chi connectivity index (χ4v) is 2.71. The Labute approximate surface area is 114 Å². The number of methoxy groups -OCH3 is 2. The molecule has 0 atom stereocenters. The van der Waals surface area contributed by atoms with Gasteiger partial charge in [0.2, 0.25) is 0 Å². The summed E-state index contributed by atoms with van der Waals surface area (Å²) >= 11 is 5.15. The summed E-state index contributed by atoms with van der Waals surface area (Å²) in [6, 6.07) is 5.99. The number of carbonyl (C=O) groups excluding carboxylic acids is 1. The molecule has 1 aromatic rings. The van der Waals surface area contributed by atoms with E-state index in [1.54, 1.807) is 18.9 Å². The summed E-state index contributed by atoms with van der Waals surface area (Å²) in [5.41, 5.74) is 1.20. The minimum atomic E-state index is -0.159. The number of carbonyl (C=O) groups is 1. The first-order chi connectivity index (χ1) is 8.17. The Balaban J connectivity index is 2.37. The van der Waals surface area contributed by atoms with Crippen molar-refractivity contribution in [2.75, 3.05) is 20.0 Å². The van der Waals surface area contributed by atoms with Gasteiger partial charge in [0, 0.05) is 11.5 Å². The molecule has 0 spiro atoms. The normalized spacial score (nSPS) is 10.1. The zero-order chi connectivity index (χ0) is 12.7. The van der Waals surface area contributed by atoms with E-state index in [0.29, 0.717) is 6.42 Å². The van der Waals surface area contributed by atoms with E-state index in [1.165, 1.54) is 12.7 Å². The summed E-state index contributed by atoms with van der Waals surface area (Å²) < 4.78 is 10.7. The minimum absolute atomic E-state index is 0.159. The van der Waals surface area contributed by atoms with Crippen LogP contribution in [0.4, 0.5) is 0 Å². The molecule has 0 unspecified atom stereocenters. The van der Waals surface area contributed by atoms with Gasteiger partial charge in [0.05, 0.1) is 25.1 Å². The van der Waals surface area contributed by atoms with Gasteiger partial charge in [0.15, 0.2) is 0 Å². The van der Waals surface area contributed by atoms with Crippen LogP contribution in [0.3, 0.4) is 0 Å². The molecule has 0 aliphatic carbocycles. The smallest absolute Gasteiger partial charge is 0.306 e. The van der Waals surface area contributed by atoms with Gasteiger partial charge in [0.1, 0.15) is 5.75 Å². The van der Waals surface area contributed by atoms with E-state index in [4.69, 9.17) is 4.74 Å². The van der Waals surface area contributed by atoms with Crippen molar-refractivity contribution in [3.63, 3.8) is 0 Å². The van der Waals surface area contributed by atoms with Gasteiger partial charge in [-0.2, -0.15) is 11.8 Å². The summed E-state index contributed by atoms with van der Waals surface area (Å²) in [5, 5.41) is 0. The first-order valence-electron chi connectivity index (χ1n) is 5.14. The lowest BCUT2D eigenvalue weighted by molar-refractivity contribution is -0.140. The molecule has 94 valence electrons. The van der Waals surface area contributed by atoms with Gasteiger partial charge in [-0.05, 0) is 33.6 Å². The summed E-state index contributed by atoms with van der Waals surface area (Å²) in [6.45, 7) is 0. The molecule has 1 aromatic carbocycles. The highest BCUT2D eigenvalue weighted by atomic mass is 79.9. The van der Waals surface area contributed by atoms with E-state index >= 15 is 0 Å². The third-order valence-electron chi connectivity index (χ3n) is 2.16. The molecule has 0 amide bonds. The molecule has 0 aromatic heterocycles. The van der Waals surface area contributed by atoms with Crippen LogP contribution in [0.5, 0.6) is 5.75 Å². The molecule has 0 aliphatic rings. The topological polar surface area (TPSA) is 35.5 Å². The van der Waals surface area contributed by atoms with E-state index in [1.807, 2.05) is 18.2 Å². The third kappa shape index (κ3) is 5.00. The minimum Gasteiger partial charge on any atom is -0.496 e. The van der Waals surface area contributed by atoms with Crippen LogP contribution in [-0.2, 0) is 15.3 Å². The molecule has 5 heteroatoms. The quantitative estimate of drug-likeness (QED) is 0.596. The van der Waals surface area contributed by atoms with E-state index in [2.05, 4.69) is 20.7 Å². The fraction of sp³-hybridized carbons (Fsp3) is 0.417. The highest BCUT2D eigenvalue weighted by Crippen LogP contribution is 2.27. The molecule has 0 fully saturated rings. The van der Waals surface area contributed by atoms with Gasteiger partial charge < -0.3 is 9.47 Å². The van der Waals surface area contributed by atoms with Gasteiger partial charge in [-0.1, -0.05) is 6.07 Å². The molecule has 0 heterocycles. The average molecular weight is 319 g/mol. The largest absolute Gasteiger partial charge is 0.496 e. The lowest BCUT2D eigenvalue weighted by Crippen LogP contribution is -2.01. The first kappa shape index (κ1) is 14.4. The Bertz CT molecular complexity index is 382. The maximum absolute atomic E-state index is 10.9. The summed E-state index contributed by atoms with van der Waals surface area (Å²) in [6.07, 6.45) is 0.457. The number of benzene rings is 1. The molecular formula is C12H15BrO3S. The number of ether oxygens (including phenoxy) is 2. The zero-order valence-corrected chi connectivity index (χ0v) is 12.3. The molecule has 0 aliphatic heterocycles. The number of thioether (sulfide) groups is 1. The molecule has 17 heavy (non-hydrogen) atoms. The molecule has 3 nitrogen and oxygen atoms in total. The highest BCUT2D eigenvalue weighted by molar-refractivity contribution is 9.10. The lowest BCUT2D eigenvalue weighted by atomic mass is 10.2. The molecule has 1 rings (SSSR count). The standard InChI is InChI=1S/C12H15BrO3S/c1-15-11-4-3-9(7-10(11)13)8-17-6-5-12(14)16-2/h3-4,7H,5-6,8H2,1-2H3. The van der Waals surface area contributed by atoms with E-state index < -0.39 is 0 Å².